The van der Waals surface area contributed by atoms with Gasteiger partial charge in [-0.2, -0.15) is 50.5 Å². The van der Waals surface area contributed by atoms with Gasteiger partial charge in [0.2, 0.25) is 0 Å². The minimum Gasteiger partial charge on any atom is -0.432 e. The van der Waals surface area contributed by atoms with E-state index >= 15 is 0 Å². The molecule has 0 radical (unpaired) electrons. The number of hydrogen-bond acceptors (Lipinski definition) is 22. The largest absolute Gasteiger partial charge is 0.432 e. The lowest BCUT2D eigenvalue weighted by molar-refractivity contribution is 0.321. The molecule has 0 saturated carbocycles. The highest BCUT2D eigenvalue weighted by Gasteiger charge is 2.46. The van der Waals surface area contributed by atoms with E-state index in [1.54, 1.807) is 0 Å². The van der Waals surface area contributed by atoms with Gasteiger partial charge in [0, 0.05) is 0 Å². The first kappa shape index (κ1) is 36.9. The molecule has 0 unspecified atom stereocenters. The molecule has 28 heteroatoms. The fraction of sp³-hybridized carbons (Fsp3) is 0.429. The minimum atomic E-state index is -5.26. The van der Waals surface area contributed by atoms with Gasteiger partial charge >= 0.3 is 60.7 Å². The van der Waals surface area contributed by atoms with Crippen LogP contribution in [0.5, 0.6) is 0 Å². The Hall–Kier alpha value is -1.28. The van der Waals surface area contributed by atoms with Gasteiger partial charge in [-0.05, 0) is 21.6 Å². The second-order valence-corrected chi connectivity index (χ2v) is 18.5. The number of hydrogen-bond donors (Lipinski definition) is 0. The zero-order valence-electron chi connectivity index (χ0n) is 21.4. The standard InChI is InChI=1S/C14H18O20S8/c1-27-37(15,16)7-9(39(19,20)29-3)13(41(23,24)31-5)33-11(7)35-36-12-8(38(17,18)28-2)10(40(21,22)30-4)14(34-12)42(25,26)32-6/h1-6H3. The summed E-state index contributed by atoms with van der Waals surface area (Å²) in [7, 11) is -28.2. The first-order valence-corrected chi connectivity index (χ1v) is 20.2. The van der Waals surface area contributed by atoms with E-state index in [1.165, 1.54) is 0 Å². The van der Waals surface area contributed by atoms with Crippen LogP contribution in [0.4, 0.5) is 0 Å². The van der Waals surface area contributed by atoms with Crippen LogP contribution >= 0.6 is 21.6 Å². The van der Waals surface area contributed by atoms with Gasteiger partial charge in [-0.1, -0.05) is 0 Å². The molecule has 0 atom stereocenters. The van der Waals surface area contributed by atoms with Gasteiger partial charge in [0.25, 0.3) is 10.2 Å². The molecular formula is C14H18O20S8. The van der Waals surface area contributed by atoms with Crippen LogP contribution in [0.1, 0.15) is 0 Å². The van der Waals surface area contributed by atoms with E-state index in [1.807, 2.05) is 0 Å². The monoisotopic (exact) mass is 762 g/mol. The molecule has 0 amide bonds. The van der Waals surface area contributed by atoms with Crippen molar-refractivity contribution in [2.75, 3.05) is 42.7 Å². The third-order valence-corrected chi connectivity index (χ3v) is 15.1. The first-order chi connectivity index (χ1) is 19.0. The predicted octanol–water partition coefficient (Wildman–Crippen LogP) is -0.317. The zero-order valence-corrected chi connectivity index (χ0v) is 28.0. The van der Waals surface area contributed by atoms with Crippen molar-refractivity contribution in [1.82, 2.24) is 0 Å². The molecule has 2 rings (SSSR count). The summed E-state index contributed by atoms with van der Waals surface area (Å²) < 4.78 is 186. The minimum absolute atomic E-state index is 0.104. The number of rotatable bonds is 15. The van der Waals surface area contributed by atoms with E-state index in [2.05, 4.69) is 25.1 Å². The van der Waals surface area contributed by atoms with Crippen molar-refractivity contribution in [2.45, 2.75) is 40.0 Å². The van der Waals surface area contributed by atoms with Crippen molar-refractivity contribution in [2.24, 2.45) is 0 Å². The summed E-state index contributed by atoms with van der Waals surface area (Å²) in [6, 6.07) is 0. The van der Waals surface area contributed by atoms with E-state index in [-0.39, 0.29) is 21.6 Å². The lowest BCUT2D eigenvalue weighted by atomic mass is 10.6. The Balaban J connectivity index is 3.07. The molecule has 0 aliphatic carbocycles. The molecule has 242 valence electrons. The van der Waals surface area contributed by atoms with Crippen LogP contribution in [0.25, 0.3) is 0 Å². The molecular weight excluding hydrogens is 745 g/mol. The van der Waals surface area contributed by atoms with Gasteiger partial charge < -0.3 is 8.83 Å². The molecule has 2 aromatic rings. The van der Waals surface area contributed by atoms with Crippen molar-refractivity contribution < 1.29 is 84.4 Å². The topological polar surface area (TPSA) is 286 Å². The molecule has 2 heterocycles. The van der Waals surface area contributed by atoms with Crippen LogP contribution in [-0.4, -0.2) is 93.2 Å². The third-order valence-electron chi connectivity index (χ3n) is 4.49. The summed E-state index contributed by atoms with van der Waals surface area (Å²) >= 11 is 0. The Morgan fingerprint density at radius 2 is 0.595 bits per heavy atom. The summed E-state index contributed by atoms with van der Waals surface area (Å²) in [4.78, 5) is -6.22. The van der Waals surface area contributed by atoms with E-state index in [9.17, 15) is 50.5 Å². The summed E-state index contributed by atoms with van der Waals surface area (Å²) in [6.07, 6.45) is 0. The highest BCUT2D eigenvalue weighted by atomic mass is 33.1. The maximum atomic E-state index is 12.7. The highest BCUT2D eigenvalue weighted by Crippen LogP contribution is 2.51. The first-order valence-electron chi connectivity index (χ1n) is 9.57. The van der Waals surface area contributed by atoms with Gasteiger partial charge in [-0.25, -0.2) is 0 Å². The lowest BCUT2D eigenvalue weighted by Gasteiger charge is -2.06. The second-order valence-electron chi connectivity index (χ2n) is 6.56. The Bertz CT molecular complexity index is 1860. The Kier molecular flexibility index (Phi) is 11.1. The summed E-state index contributed by atoms with van der Waals surface area (Å²) in [5.41, 5.74) is 0. The van der Waals surface area contributed by atoms with Crippen LogP contribution in [0, 0.1) is 0 Å². The SMILES string of the molecule is COS(=O)(=O)c1oc(SSc2oc(S(=O)(=O)OC)c(S(=O)(=O)OC)c2S(=O)(=O)OC)c(S(=O)(=O)OC)c1S(=O)(=O)OC. The normalized spacial score (nSPS) is 14.0. The molecule has 0 N–H and O–H groups in total. The maximum Gasteiger partial charge on any atom is 0.331 e. The van der Waals surface area contributed by atoms with E-state index in [4.69, 9.17) is 8.83 Å². The summed E-state index contributed by atoms with van der Waals surface area (Å²) in [6.45, 7) is 0. The van der Waals surface area contributed by atoms with E-state index < -0.39 is 101 Å². The average molecular weight is 763 g/mol. The number of furan rings is 2. The molecule has 0 aromatic carbocycles. The smallest absolute Gasteiger partial charge is 0.331 e. The zero-order chi connectivity index (χ0) is 32.7. The molecule has 0 spiro atoms. The van der Waals surface area contributed by atoms with Gasteiger partial charge in [0.15, 0.2) is 29.8 Å². The Morgan fingerprint density at radius 3 is 0.810 bits per heavy atom. The fourth-order valence-corrected chi connectivity index (χ4v) is 12.7. The molecule has 20 nitrogen and oxygen atoms in total. The molecule has 0 bridgehead atoms. The molecule has 0 aliphatic rings. The Morgan fingerprint density at radius 1 is 0.381 bits per heavy atom. The van der Waals surface area contributed by atoms with Crippen molar-refractivity contribution in [3.63, 3.8) is 0 Å². The summed E-state index contributed by atoms with van der Waals surface area (Å²) in [5.74, 6) is 0. The van der Waals surface area contributed by atoms with Gasteiger partial charge in [-0.15, -0.1) is 0 Å². The molecule has 0 fully saturated rings. The van der Waals surface area contributed by atoms with Crippen molar-refractivity contribution in [3.05, 3.63) is 0 Å². The fourth-order valence-electron chi connectivity index (χ4n) is 2.59. The molecule has 0 aliphatic heterocycles. The van der Waals surface area contributed by atoms with Crippen LogP contribution < -0.4 is 0 Å². The van der Waals surface area contributed by atoms with Gasteiger partial charge in [-0.3, -0.25) is 25.1 Å². The van der Waals surface area contributed by atoms with Crippen LogP contribution in [0.15, 0.2) is 48.8 Å². The van der Waals surface area contributed by atoms with E-state index in [0.29, 0.717) is 42.7 Å². The molecule has 2 aromatic heterocycles. The predicted molar refractivity (Wildman–Crippen MR) is 134 cm³/mol. The summed E-state index contributed by atoms with van der Waals surface area (Å²) in [5, 5.41) is -5.59. The molecule has 0 saturated heterocycles. The van der Waals surface area contributed by atoms with Crippen molar-refractivity contribution >= 4 is 82.3 Å². The highest BCUT2D eigenvalue weighted by molar-refractivity contribution is 8.76. The maximum absolute atomic E-state index is 12.7. The van der Waals surface area contributed by atoms with Crippen LogP contribution in [-0.2, 0) is 85.8 Å². The Labute approximate surface area is 248 Å². The average Bonchev–Trinajstić information content (AvgIpc) is 3.54. The molecule has 42 heavy (non-hydrogen) atoms. The second kappa shape index (κ2) is 12.6. The van der Waals surface area contributed by atoms with Gasteiger partial charge in [0.1, 0.15) is 0 Å². The van der Waals surface area contributed by atoms with Crippen molar-refractivity contribution in [3.8, 4) is 0 Å². The van der Waals surface area contributed by atoms with Gasteiger partial charge in [0.05, 0.1) is 42.7 Å². The van der Waals surface area contributed by atoms with E-state index in [0.717, 1.165) is 0 Å². The third kappa shape index (κ3) is 6.84. The van der Waals surface area contributed by atoms with Crippen LogP contribution in [0.3, 0.4) is 0 Å². The van der Waals surface area contributed by atoms with Crippen molar-refractivity contribution in [1.29, 1.82) is 0 Å². The van der Waals surface area contributed by atoms with Crippen LogP contribution in [0.2, 0.25) is 0 Å². The quantitative estimate of drug-likeness (QED) is 0.166. The lowest BCUT2D eigenvalue weighted by Crippen LogP contribution is -2.14.